The van der Waals surface area contributed by atoms with Crippen LogP contribution < -0.4 is 5.73 Å². The molecule has 0 radical (unpaired) electrons. The van der Waals surface area contributed by atoms with Gasteiger partial charge in [-0.2, -0.15) is 0 Å². The van der Waals surface area contributed by atoms with E-state index in [2.05, 4.69) is 30.8 Å². The molecule has 1 heterocycles. The maximum Gasteiger partial charge on any atom is 0.0501 e. The summed E-state index contributed by atoms with van der Waals surface area (Å²) in [7, 11) is 2.16. The second kappa shape index (κ2) is 5.71. The van der Waals surface area contributed by atoms with E-state index >= 15 is 0 Å². The lowest BCUT2D eigenvalue weighted by molar-refractivity contribution is 0.254. The van der Waals surface area contributed by atoms with Crippen LogP contribution in [0, 0.1) is 0 Å². The maximum atomic E-state index is 5.58. The quantitative estimate of drug-likeness (QED) is 0.802. The first-order valence-corrected chi connectivity index (χ1v) is 5.54. The van der Waals surface area contributed by atoms with Gasteiger partial charge in [0.05, 0.1) is 11.9 Å². The van der Waals surface area contributed by atoms with E-state index in [4.69, 9.17) is 5.73 Å². The summed E-state index contributed by atoms with van der Waals surface area (Å²) >= 11 is 0. The third-order valence-corrected chi connectivity index (χ3v) is 2.91. The summed E-state index contributed by atoms with van der Waals surface area (Å²) in [6, 6.07) is 4.55. The lowest BCUT2D eigenvalue weighted by atomic mass is 10.2. The molecule has 15 heavy (non-hydrogen) atoms. The van der Waals surface area contributed by atoms with Gasteiger partial charge in [0.1, 0.15) is 0 Å². The molecule has 0 fully saturated rings. The van der Waals surface area contributed by atoms with Crippen molar-refractivity contribution in [3.63, 3.8) is 0 Å². The average Bonchev–Trinajstić information content (AvgIpc) is 2.26. The molecule has 0 aromatic carbocycles. The van der Waals surface area contributed by atoms with Crippen LogP contribution in [0.3, 0.4) is 0 Å². The topological polar surface area (TPSA) is 42.1 Å². The molecule has 0 aliphatic carbocycles. The zero-order chi connectivity index (χ0) is 11.3. The maximum absolute atomic E-state index is 5.58. The summed E-state index contributed by atoms with van der Waals surface area (Å²) < 4.78 is 0. The second-order valence-electron chi connectivity index (χ2n) is 4.07. The van der Waals surface area contributed by atoms with Gasteiger partial charge in [-0.1, -0.05) is 6.92 Å². The summed E-state index contributed by atoms with van der Waals surface area (Å²) in [5.41, 5.74) is 7.42. The molecule has 0 saturated heterocycles. The number of likely N-dealkylation sites (N-methyl/N-ethyl adjacent to an activating group) is 1. The van der Waals surface area contributed by atoms with E-state index in [0.717, 1.165) is 24.3 Å². The van der Waals surface area contributed by atoms with Crippen LogP contribution in [-0.4, -0.2) is 29.5 Å². The van der Waals surface area contributed by atoms with Gasteiger partial charge in [0.2, 0.25) is 0 Å². The first kappa shape index (κ1) is 12.0. The molecule has 3 nitrogen and oxygen atoms in total. The summed E-state index contributed by atoms with van der Waals surface area (Å²) in [6.07, 6.45) is 3.89. The molecule has 0 saturated carbocycles. The number of hydrogen-bond acceptors (Lipinski definition) is 3. The first-order valence-electron chi connectivity index (χ1n) is 5.54. The van der Waals surface area contributed by atoms with Gasteiger partial charge in [-0.05, 0) is 32.5 Å². The highest BCUT2D eigenvalue weighted by molar-refractivity contribution is 5.34. The van der Waals surface area contributed by atoms with Crippen LogP contribution in [0.1, 0.15) is 26.0 Å². The lowest BCUT2D eigenvalue weighted by Gasteiger charge is -2.23. The molecule has 0 aliphatic rings. The number of hydrogen-bond donors (Lipinski definition) is 1. The molecule has 1 atom stereocenters. The Balaban J connectivity index is 2.40. The van der Waals surface area contributed by atoms with Crippen molar-refractivity contribution >= 4 is 5.69 Å². The number of rotatable bonds is 5. The molecule has 0 spiro atoms. The van der Waals surface area contributed by atoms with Gasteiger partial charge >= 0.3 is 0 Å². The Hall–Kier alpha value is -1.09. The third kappa shape index (κ3) is 3.88. The minimum Gasteiger partial charge on any atom is -0.397 e. The van der Waals surface area contributed by atoms with Crippen LogP contribution in [0.4, 0.5) is 5.69 Å². The van der Waals surface area contributed by atoms with E-state index in [1.54, 1.807) is 6.20 Å². The lowest BCUT2D eigenvalue weighted by Crippen LogP contribution is -2.30. The zero-order valence-corrected chi connectivity index (χ0v) is 9.90. The highest BCUT2D eigenvalue weighted by Crippen LogP contribution is 2.05. The molecular formula is C12H21N3. The Morgan fingerprint density at radius 3 is 2.73 bits per heavy atom. The highest BCUT2D eigenvalue weighted by Gasteiger charge is 2.06. The van der Waals surface area contributed by atoms with E-state index in [1.807, 2.05) is 12.1 Å². The molecule has 1 rings (SSSR count). The van der Waals surface area contributed by atoms with Gasteiger partial charge in [0.25, 0.3) is 0 Å². The third-order valence-electron chi connectivity index (χ3n) is 2.91. The molecule has 84 valence electrons. The van der Waals surface area contributed by atoms with Crippen LogP contribution in [0.5, 0.6) is 0 Å². The fourth-order valence-corrected chi connectivity index (χ4v) is 1.41. The molecule has 3 heteroatoms. The van der Waals surface area contributed by atoms with Crippen molar-refractivity contribution in [2.24, 2.45) is 0 Å². The predicted octanol–water partition coefficient (Wildman–Crippen LogP) is 1.94. The molecule has 0 aliphatic heterocycles. The monoisotopic (exact) mass is 207 g/mol. The molecule has 2 N–H and O–H groups in total. The van der Waals surface area contributed by atoms with E-state index in [0.29, 0.717) is 6.04 Å². The Kier molecular flexibility index (Phi) is 4.56. The SMILES string of the molecule is CCC(C)N(C)CCc1ccc(N)cn1. The van der Waals surface area contributed by atoms with E-state index in [-0.39, 0.29) is 0 Å². The van der Waals surface area contributed by atoms with Crippen molar-refractivity contribution in [2.45, 2.75) is 32.7 Å². The number of pyridine rings is 1. The first-order chi connectivity index (χ1) is 7.13. The molecule has 0 amide bonds. The number of nitrogens with two attached hydrogens (primary N) is 1. The Morgan fingerprint density at radius 1 is 1.47 bits per heavy atom. The van der Waals surface area contributed by atoms with Crippen LogP contribution in [0.15, 0.2) is 18.3 Å². The van der Waals surface area contributed by atoms with Crippen LogP contribution in [-0.2, 0) is 6.42 Å². The van der Waals surface area contributed by atoms with Crippen molar-refractivity contribution in [3.05, 3.63) is 24.0 Å². The van der Waals surface area contributed by atoms with Crippen molar-refractivity contribution in [2.75, 3.05) is 19.3 Å². The van der Waals surface area contributed by atoms with Crippen LogP contribution in [0.2, 0.25) is 0 Å². The van der Waals surface area contributed by atoms with Crippen LogP contribution >= 0.6 is 0 Å². The Bertz CT molecular complexity index is 281. The van der Waals surface area contributed by atoms with Crippen LogP contribution in [0.25, 0.3) is 0 Å². The predicted molar refractivity (Wildman–Crippen MR) is 64.7 cm³/mol. The molecule has 1 aromatic rings. The smallest absolute Gasteiger partial charge is 0.0501 e. The largest absolute Gasteiger partial charge is 0.397 e. The van der Waals surface area contributed by atoms with Crippen molar-refractivity contribution in [1.82, 2.24) is 9.88 Å². The minimum absolute atomic E-state index is 0.638. The standard InChI is InChI=1S/C12H21N3/c1-4-10(2)15(3)8-7-12-6-5-11(13)9-14-12/h5-6,9-10H,4,7-8,13H2,1-3H3. The number of anilines is 1. The van der Waals surface area contributed by atoms with E-state index < -0.39 is 0 Å². The van der Waals surface area contributed by atoms with Crippen molar-refractivity contribution in [1.29, 1.82) is 0 Å². The Labute approximate surface area is 92.3 Å². The number of nitrogens with zero attached hydrogens (tertiary/aromatic N) is 2. The van der Waals surface area contributed by atoms with Crippen molar-refractivity contribution < 1.29 is 0 Å². The minimum atomic E-state index is 0.638. The summed E-state index contributed by atoms with van der Waals surface area (Å²) in [5.74, 6) is 0. The van der Waals surface area contributed by atoms with Gasteiger partial charge in [0, 0.05) is 24.7 Å². The summed E-state index contributed by atoms with van der Waals surface area (Å²) in [6.45, 7) is 5.50. The van der Waals surface area contributed by atoms with Gasteiger partial charge < -0.3 is 10.6 Å². The molecule has 1 aromatic heterocycles. The average molecular weight is 207 g/mol. The highest BCUT2D eigenvalue weighted by atomic mass is 15.1. The van der Waals surface area contributed by atoms with Gasteiger partial charge in [-0.15, -0.1) is 0 Å². The molecule has 1 unspecified atom stereocenters. The fourth-order valence-electron chi connectivity index (χ4n) is 1.41. The van der Waals surface area contributed by atoms with Gasteiger partial charge in [-0.3, -0.25) is 4.98 Å². The van der Waals surface area contributed by atoms with Gasteiger partial charge in [0.15, 0.2) is 0 Å². The van der Waals surface area contributed by atoms with E-state index in [1.165, 1.54) is 6.42 Å². The second-order valence-corrected chi connectivity index (χ2v) is 4.07. The molecular weight excluding hydrogens is 186 g/mol. The van der Waals surface area contributed by atoms with Crippen molar-refractivity contribution in [3.8, 4) is 0 Å². The summed E-state index contributed by atoms with van der Waals surface area (Å²) in [5, 5.41) is 0. The summed E-state index contributed by atoms with van der Waals surface area (Å²) in [4.78, 5) is 6.64. The normalized spacial score (nSPS) is 13.1. The van der Waals surface area contributed by atoms with Gasteiger partial charge in [-0.25, -0.2) is 0 Å². The van der Waals surface area contributed by atoms with E-state index in [9.17, 15) is 0 Å². The number of nitrogen functional groups attached to an aromatic ring is 1. The zero-order valence-electron chi connectivity index (χ0n) is 9.90. The number of aromatic nitrogens is 1. The Morgan fingerprint density at radius 2 is 2.20 bits per heavy atom. The fraction of sp³-hybridized carbons (Fsp3) is 0.583. The molecule has 0 bridgehead atoms.